The van der Waals surface area contributed by atoms with Crippen LogP contribution in [0.15, 0.2) is 12.5 Å². The molecule has 1 aromatic heterocycles. The summed E-state index contributed by atoms with van der Waals surface area (Å²) in [6.45, 7) is 2.36. The van der Waals surface area contributed by atoms with Crippen molar-refractivity contribution in [2.75, 3.05) is 6.54 Å². The first-order valence-electron chi connectivity index (χ1n) is 5.33. The highest BCUT2D eigenvalue weighted by Crippen LogP contribution is 2.19. The van der Waals surface area contributed by atoms with E-state index in [2.05, 4.69) is 10.3 Å². The molecular formula is C10H15F3N4O. The Hall–Kier alpha value is -1.57. The molecular weight excluding hydrogens is 249 g/mol. The fraction of sp³-hybridized carbons (Fsp3) is 0.600. The highest BCUT2D eigenvalue weighted by atomic mass is 19.4. The van der Waals surface area contributed by atoms with E-state index in [-0.39, 0.29) is 6.04 Å². The lowest BCUT2D eigenvalue weighted by molar-refractivity contribution is -0.131. The summed E-state index contributed by atoms with van der Waals surface area (Å²) in [5.74, 6) is -0.873. The van der Waals surface area contributed by atoms with Gasteiger partial charge in [-0.25, -0.2) is 4.98 Å². The molecule has 0 saturated carbocycles. The van der Waals surface area contributed by atoms with Gasteiger partial charge >= 0.3 is 6.18 Å². The number of alkyl halides is 3. The molecule has 0 aromatic carbocycles. The largest absolute Gasteiger partial charge is 0.401 e. The molecule has 0 aliphatic rings. The maximum Gasteiger partial charge on any atom is 0.401 e. The van der Waals surface area contributed by atoms with Gasteiger partial charge in [-0.3, -0.25) is 10.1 Å². The van der Waals surface area contributed by atoms with Gasteiger partial charge in [0.25, 0.3) is 0 Å². The molecule has 0 saturated heterocycles. The van der Waals surface area contributed by atoms with Crippen molar-refractivity contribution in [3.63, 3.8) is 0 Å². The minimum absolute atomic E-state index is 0.0305. The third-order valence-electron chi connectivity index (χ3n) is 2.34. The molecule has 102 valence electrons. The molecule has 0 spiro atoms. The van der Waals surface area contributed by atoms with Crippen LogP contribution in [0.2, 0.25) is 0 Å². The predicted octanol–water partition coefficient (Wildman–Crippen LogP) is 1.14. The molecule has 1 amide bonds. The molecule has 1 aromatic rings. The van der Waals surface area contributed by atoms with Crippen LogP contribution in [0.5, 0.6) is 0 Å². The van der Waals surface area contributed by atoms with Gasteiger partial charge in [-0.1, -0.05) is 0 Å². The van der Waals surface area contributed by atoms with Crippen LogP contribution in [0.1, 0.15) is 31.6 Å². The summed E-state index contributed by atoms with van der Waals surface area (Å²) in [6, 6.07) is -1.24. The molecule has 1 heterocycles. The van der Waals surface area contributed by atoms with E-state index in [9.17, 15) is 18.0 Å². The van der Waals surface area contributed by atoms with Crippen molar-refractivity contribution in [3.05, 3.63) is 18.2 Å². The normalized spacial score (nSPS) is 13.9. The molecule has 8 heteroatoms. The van der Waals surface area contributed by atoms with E-state index in [0.29, 0.717) is 5.69 Å². The molecule has 3 N–H and O–H groups in total. The summed E-state index contributed by atoms with van der Waals surface area (Å²) in [4.78, 5) is 15.1. The smallest absolute Gasteiger partial charge is 0.368 e. The number of amides is 1. The van der Waals surface area contributed by atoms with Crippen LogP contribution >= 0.6 is 0 Å². The zero-order chi connectivity index (χ0) is 13.9. The van der Waals surface area contributed by atoms with E-state index in [4.69, 9.17) is 5.73 Å². The Morgan fingerprint density at radius 1 is 1.56 bits per heavy atom. The zero-order valence-corrected chi connectivity index (χ0v) is 10.0. The summed E-state index contributed by atoms with van der Waals surface area (Å²) in [5.41, 5.74) is 5.44. The number of carbonyl (C=O) groups is 1. The number of hydrogen-bond donors (Lipinski definition) is 2. The molecule has 1 rings (SSSR count). The van der Waals surface area contributed by atoms with Crippen LogP contribution < -0.4 is 11.1 Å². The standard InChI is InChI=1S/C10H15F3N4O/c1-6(2)17-5-15-3-7(17)8(9(14)18)16-4-10(11,12)13/h3,5-6,8,16H,4H2,1-2H3,(H2,14,18). The van der Waals surface area contributed by atoms with E-state index in [0.717, 1.165) is 0 Å². The van der Waals surface area contributed by atoms with Crippen molar-refractivity contribution in [2.24, 2.45) is 5.73 Å². The van der Waals surface area contributed by atoms with Crippen LogP contribution in [0.25, 0.3) is 0 Å². The van der Waals surface area contributed by atoms with Crippen LogP contribution in [-0.2, 0) is 4.79 Å². The maximum atomic E-state index is 12.1. The first-order chi connectivity index (χ1) is 8.22. The number of nitrogens with two attached hydrogens (primary N) is 1. The maximum absolute atomic E-state index is 12.1. The number of carbonyl (C=O) groups excluding carboxylic acids is 1. The van der Waals surface area contributed by atoms with Gasteiger partial charge in [0.2, 0.25) is 5.91 Å². The molecule has 0 bridgehead atoms. The average Bonchev–Trinajstić information content (AvgIpc) is 2.64. The van der Waals surface area contributed by atoms with Crippen molar-refractivity contribution >= 4 is 5.91 Å². The summed E-state index contributed by atoms with van der Waals surface area (Å²) in [6.07, 6.45) is -1.62. The van der Waals surface area contributed by atoms with Crippen LogP contribution in [0.4, 0.5) is 13.2 Å². The minimum atomic E-state index is -4.41. The Morgan fingerprint density at radius 2 is 2.17 bits per heavy atom. The van der Waals surface area contributed by atoms with E-state index >= 15 is 0 Å². The van der Waals surface area contributed by atoms with Crippen molar-refractivity contribution in [3.8, 4) is 0 Å². The number of aromatic nitrogens is 2. The highest BCUT2D eigenvalue weighted by Gasteiger charge is 2.31. The quantitative estimate of drug-likeness (QED) is 0.837. The monoisotopic (exact) mass is 264 g/mol. The summed E-state index contributed by atoms with van der Waals surface area (Å²) < 4.78 is 38.0. The molecule has 0 fully saturated rings. The fourth-order valence-electron chi connectivity index (χ4n) is 1.54. The van der Waals surface area contributed by atoms with Gasteiger partial charge in [-0.15, -0.1) is 0 Å². The lowest BCUT2D eigenvalue weighted by Gasteiger charge is -2.20. The van der Waals surface area contributed by atoms with Gasteiger partial charge in [0.15, 0.2) is 0 Å². The number of imidazole rings is 1. The topological polar surface area (TPSA) is 72.9 Å². The highest BCUT2D eigenvalue weighted by molar-refractivity contribution is 5.80. The van der Waals surface area contributed by atoms with Crippen molar-refractivity contribution < 1.29 is 18.0 Å². The Labute approximate surface area is 102 Å². The number of nitrogens with zero attached hydrogens (tertiary/aromatic N) is 2. The molecule has 1 unspecified atom stereocenters. The predicted molar refractivity (Wildman–Crippen MR) is 58.6 cm³/mol. The van der Waals surface area contributed by atoms with Crippen LogP contribution in [0.3, 0.4) is 0 Å². The van der Waals surface area contributed by atoms with Crippen molar-refractivity contribution in [2.45, 2.75) is 32.1 Å². The lowest BCUT2D eigenvalue weighted by atomic mass is 10.2. The van der Waals surface area contributed by atoms with Gasteiger partial charge < -0.3 is 10.3 Å². The minimum Gasteiger partial charge on any atom is -0.368 e. The molecule has 18 heavy (non-hydrogen) atoms. The Morgan fingerprint density at radius 3 is 2.61 bits per heavy atom. The number of primary amides is 1. The summed E-state index contributed by atoms with van der Waals surface area (Å²) >= 11 is 0. The van der Waals surface area contributed by atoms with Gasteiger partial charge in [-0.05, 0) is 13.8 Å². The number of hydrogen-bond acceptors (Lipinski definition) is 3. The van der Waals surface area contributed by atoms with Gasteiger partial charge in [0, 0.05) is 6.04 Å². The molecule has 0 radical (unpaired) electrons. The fourth-order valence-corrected chi connectivity index (χ4v) is 1.54. The first kappa shape index (κ1) is 14.5. The first-order valence-corrected chi connectivity index (χ1v) is 5.33. The van der Waals surface area contributed by atoms with Crippen LogP contribution in [0, 0.1) is 0 Å². The van der Waals surface area contributed by atoms with E-state index in [1.165, 1.54) is 12.5 Å². The van der Waals surface area contributed by atoms with E-state index < -0.39 is 24.7 Å². The van der Waals surface area contributed by atoms with Gasteiger partial charge in [0.1, 0.15) is 6.04 Å². The third-order valence-corrected chi connectivity index (χ3v) is 2.34. The van der Waals surface area contributed by atoms with Crippen LogP contribution in [-0.4, -0.2) is 28.2 Å². The second-order valence-corrected chi connectivity index (χ2v) is 4.15. The summed E-state index contributed by atoms with van der Waals surface area (Å²) in [7, 11) is 0. The Bertz CT molecular complexity index is 414. The number of halogens is 3. The van der Waals surface area contributed by atoms with Crippen molar-refractivity contribution in [1.29, 1.82) is 0 Å². The molecule has 5 nitrogen and oxygen atoms in total. The zero-order valence-electron chi connectivity index (χ0n) is 10.0. The number of rotatable bonds is 5. The lowest BCUT2D eigenvalue weighted by Crippen LogP contribution is -2.40. The summed E-state index contributed by atoms with van der Waals surface area (Å²) in [5, 5.41) is 2.10. The average molecular weight is 264 g/mol. The van der Waals surface area contributed by atoms with E-state index in [1.54, 1.807) is 4.57 Å². The second kappa shape index (κ2) is 5.38. The Kier molecular flexibility index (Phi) is 4.33. The molecule has 0 aliphatic heterocycles. The third kappa shape index (κ3) is 3.73. The SMILES string of the molecule is CC(C)n1cncc1C(NCC(F)(F)F)C(N)=O. The van der Waals surface area contributed by atoms with Crippen molar-refractivity contribution in [1.82, 2.24) is 14.9 Å². The molecule has 1 atom stereocenters. The van der Waals surface area contributed by atoms with Gasteiger partial charge in [-0.2, -0.15) is 13.2 Å². The number of nitrogens with one attached hydrogen (secondary N) is 1. The second-order valence-electron chi connectivity index (χ2n) is 4.15. The molecule has 0 aliphatic carbocycles. The van der Waals surface area contributed by atoms with Gasteiger partial charge in [0.05, 0.1) is 24.8 Å². The Balaban J connectivity index is 2.91. The van der Waals surface area contributed by atoms with E-state index in [1.807, 2.05) is 13.8 Å².